The molecule has 0 fully saturated rings. The summed E-state index contributed by atoms with van der Waals surface area (Å²) in [4.78, 5) is 15.9. The highest BCUT2D eigenvalue weighted by Crippen LogP contribution is 2.34. The fraction of sp³-hybridized carbons (Fsp3) is 0.188. The molecular formula is C16H14BrNOS. The van der Waals surface area contributed by atoms with Gasteiger partial charge in [0.15, 0.2) is 0 Å². The number of anilines is 1. The summed E-state index contributed by atoms with van der Waals surface area (Å²) in [5, 5.41) is 0. The van der Waals surface area contributed by atoms with Gasteiger partial charge in [0.2, 0.25) is 0 Å². The molecule has 4 heteroatoms. The molecule has 0 unspecified atom stereocenters. The molecule has 1 aliphatic heterocycles. The first kappa shape index (κ1) is 13.7. The van der Waals surface area contributed by atoms with Crippen LogP contribution in [-0.2, 0) is 0 Å². The van der Waals surface area contributed by atoms with Crippen molar-refractivity contribution in [2.45, 2.75) is 11.3 Å². The van der Waals surface area contributed by atoms with E-state index in [0.717, 1.165) is 34.4 Å². The van der Waals surface area contributed by atoms with Crippen LogP contribution < -0.4 is 4.90 Å². The van der Waals surface area contributed by atoms with Gasteiger partial charge >= 0.3 is 0 Å². The molecule has 1 aliphatic rings. The van der Waals surface area contributed by atoms with E-state index in [1.54, 1.807) is 0 Å². The summed E-state index contributed by atoms with van der Waals surface area (Å²) in [7, 11) is 0. The SMILES string of the molecule is O=C(c1cccc(Br)c1)N1CCCSc2ccccc21. The second-order valence-corrected chi connectivity index (χ2v) is 6.69. The number of nitrogens with zero attached hydrogens (tertiary/aromatic N) is 1. The van der Waals surface area contributed by atoms with Crippen LogP contribution in [0.15, 0.2) is 57.9 Å². The van der Waals surface area contributed by atoms with E-state index in [2.05, 4.69) is 22.0 Å². The first-order valence-corrected chi connectivity index (χ1v) is 8.33. The van der Waals surface area contributed by atoms with Gasteiger partial charge in [-0.15, -0.1) is 11.8 Å². The van der Waals surface area contributed by atoms with E-state index >= 15 is 0 Å². The molecule has 0 saturated carbocycles. The summed E-state index contributed by atoms with van der Waals surface area (Å²) in [6, 6.07) is 15.7. The fourth-order valence-corrected chi connectivity index (χ4v) is 3.71. The van der Waals surface area contributed by atoms with Gasteiger partial charge < -0.3 is 4.90 Å². The van der Waals surface area contributed by atoms with Crippen LogP contribution in [0.5, 0.6) is 0 Å². The summed E-state index contributed by atoms with van der Waals surface area (Å²) in [5.74, 6) is 1.13. The van der Waals surface area contributed by atoms with Crippen molar-refractivity contribution in [3.8, 4) is 0 Å². The van der Waals surface area contributed by atoms with Gasteiger partial charge in [0.1, 0.15) is 0 Å². The molecule has 0 radical (unpaired) electrons. The average Bonchev–Trinajstić information content (AvgIpc) is 2.69. The Kier molecular flexibility index (Phi) is 4.13. The number of amides is 1. The highest BCUT2D eigenvalue weighted by molar-refractivity contribution is 9.10. The third-order valence-corrected chi connectivity index (χ3v) is 4.90. The minimum Gasteiger partial charge on any atom is -0.307 e. The number of hydrogen-bond donors (Lipinski definition) is 0. The summed E-state index contributed by atoms with van der Waals surface area (Å²) >= 11 is 5.25. The van der Waals surface area contributed by atoms with Crippen molar-refractivity contribution in [2.75, 3.05) is 17.2 Å². The molecule has 20 heavy (non-hydrogen) atoms. The largest absolute Gasteiger partial charge is 0.307 e. The monoisotopic (exact) mass is 347 g/mol. The van der Waals surface area contributed by atoms with Gasteiger partial charge in [0.25, 0.3) is 5.91 Å². The predicted octanol–water partition coefficient (Wildman–Crippen LogP) is 4.59. The van der Waals surface area contributed by atoms with Crippen LogP contribution in [0.4, 0.5) is 5.69 Å². The topological polar surface area (TPSA) is 20.3 Å². The summed E-state index contributed by atoms with van der Waals surface area (Å²) in [6.45, 7) is 0.773. The maximum atomic E-state index is 12.8. The Morgan fingerprint density at radius 2 is 2.00 bits per heavy atom. The van der Waals surface area contributed by atoms with Crippen LogP contribution in [0.2, 0.25) is 0 Å². The highest BCUT2D eigenvalue weighted by Gasteiger charge is 2.22. The molecule has 102 valence electrons. The summed E-state index contributed by atoms with van der Waals surface area (Å²) in [6.07, 6.45) is 1.01. The van der Waals surface area contributed by atoms with Gasteiger partial charge in [-0.25, -0.2) is 0 Å². The zero-order chi connectivity index (χ0) is 13.9. The normalized spacial score (nSPS) is 14.6. The standard InChI is InChI=1S/C16H14BrNOS/c17-13-6-3-5-12(11-13)16(19)18-9-4-10-20-15-8-2-1-7-14(15)18/h1-3,5-8,11H,4,9-10H2. The molecule has 2 aromatic carbocycles. The van der Waals surface area contributed by atoms with Crippen LogP contribution in [0, 0.1) is 0 Å². The quantitative estimate of drug-likeness (QED) is 0.751. The Morgan fingerprint density at radius 3 is 2.85 bits per heavy atom. The second-order valence-electron chi connectivity index (χ2n) is 4.64. The smallest absolute Gasteiger partial charge is 0.258 e. The first-order valence-electron chi connectivity index (χ1n) is 6.55. The van der Waals surface area contributed by atoms with E-state index in [0.29, 0.717) is 0 Å². The molecule has 2 nitrogen and oxygen atoms in total. The molecule has 0 bridgehead atoms. The molecule has 2 aromatic rings. The van der Waals surface area contributed by atoms with E-state index in [1.807, 2.05) is 59.1 Å². The fourth-order valence-electron chi connectivity index (χ4n) is 2.32. The lowest BCUT2D eigenvalue weighted by Crippen LogP contribution is -2.31. The van der Waals surface area contributed by atoms with Gasteiger partial charge in [0, 0.05) is 21.5 Å². The number of halogens is 1. The number of para-hydroxylation sites is 1. The van der Waals surface area contributed by atoms with Crippen molar-refractivity contribution >= 4 is 39.3 Å². The van der Waals surface area contributed by atoms with Gasteiger partial charge in [-0.05, 0) is 42.5 Å². The summed E-state index contributed by atoms with van der Waals surface area (Å²) < 4.78 is 0.931. The predicted molar refractivity (Wildman–Crippen MR) is 87.6 cm³/mol. The Morgan fingerprint density at radius 1 is 1.15 bits per heavy atom. The Bertz CT molecular complexity index is 644. The molecule has 0 atom stereocenters. The maximum Gasteiger partial charge on any atom is 0.258 e. The van der Waals surface area contributed by atoms with E-state index in [1.165, 1.54) is 4.90 Å². The Hall–Kier alpha value is -1.26. The molecule has 0 aliphatic carbocycles. The number of hydrogen-bond acceptors (Lipinski definition) is 2. The average molecular weight is 348 g/mol. The minimum absolute atomic E-state index is 0.0706. The number of thioether (sulfide) groups is 1. The van der Waals surface area contributed by atoms with Crippen LogP contribution in [0.3, 0.4) is 0 Å². The number of benzene rings is 2. The first-order chi connectivity index (χ1) is 9.75. The van der Waals surface area contributed by atoms with E-state index in [-0.39, 0.29) is 5.91 Å². The summed E-state index contributed by atoms with van der Waals surface area (Å²) in [5.41, 5.74) is 1.75. The van der Waals surface area contributed by atoms with Crippen molar-refractivity contribution in [3.05, 3.63) is 58.6 Å². The van der Waals surface area contributed by atoms with Crippen LogP contribution in [-0.4, -0.2) is 18.2 Å². The zero-order valence-electron chi connectivity index (χ0n) is 10.9. The number of carbonyl (C=O) groups is 1. The molecular weight excluding hydrogens is 334 g/mol. The Labute approximate surface area is 131 Å². The lowest BCUT2D eigenvalue weighted by atomic mass is 10.1. The molecule has 0 spiro atoms. The number of rotatable bonds is 1. The lowest BCUT2D eigenvalue weighted by Gasteiger charge is -2.22. The van der Waals surface area contributed by atoms with Crippen molar-refractivity contribution in [1.82, 2.24) is 0 Å². The molecule has 0 saturated heterocycles. The Balaban J connectivity index is 1.99. The van der Waals surface area contributed by atoms with E-state index in [9.17, 15) is 4.79 Å². The number of fused-ring (bicyclic) bond motifs is 1. The van der Waals surface area contributed by atoms with E-state index < -0.39 is 0 Å². The van der Waals surface area contributed by atoms with Gasteiger partial charge in [-0.1, -0.05) is 34.1 Å². The lowest BCUT2D eigenvalue weighted by molar-refractivity contribution is 0.0986. The molecule has 0 aromatic heterocycles. The second kappa shape index (κ2) is 6.02. The van der Waals surface area contributed by atoms with Crippen molar-refractivity contribution in [2.24, 2.45) is 0 Å². The van der Waals surface area contributed by atoms with Crippen LogP contribution in [0.25, 0.3) is 0 Å². The third kappa shape index (κ3) is 2.76. The van der Waals surface area contributed by atoms with Crippen molar-refractivity contribution in [3.63, 3.8) is 0 Å². The van der Waals surface area contributed by atoms with E-state index in [4.69, 9.17) is 0 Å². The zero-order valence-corrected chi connectivity index (χ0v) is 13.3. The van der Waals surface area contributed by atoms with Gasteiger partial charge in [-0.3, -0.25) is 4.79 Å². The van der Waals surface area contributed by atoms with Crippen molar-refractivity contribution in [1.29, 1.82) is 0 Å². The third-order valence-electron chi connectivity index (χ3n) is 3.26. The minimum atomic E-state index is 0.0706. The number of carbonyl (C=O) groups excluding carboxylic acids is 1. The maximum absolute atomic E-state index is 12.8. The highest BCUT2D eigenvalue weighted by atomic mass is 79.9. The van der Waals surface area contributed by atoms with Crippen LogP contribution >= 0.6 is 27.7 Å². The molecule has 1 heterocycles. The van der Waals surface area contributed by atoms with Crippen LogP contribution in [0.1, 0.15) is 16.8 Å². The molecule has 3 rings (SSSR count). The van der Waals surface area contributed by atoms with Gasteiger partial charge in [-0.2, -0.15) is 0 Å². The van der Waals surface area contributed by atoms with Crippen molar-refractivity contribution < 1.29 is 4.79 Å². The molecule has 0 N–H and O–H groups in total. The molecule has 1 amide bonds. The van der Waals surface area contributed by atoms with Gasteiger partial charge in [0.05, 0.1) is 5.69 Å².